The van der Waals surface area contributed by atoms with Crippen molar-refractivity contribution in [3.8, 4) is 0 Å². The molecule has 2 unspecified atom stereocenters. The maximum absolute atomic E-state index is 12.1. The number of para-hydroxylation sites is 1. The number of fused-ring (bicyclic) bond motifs is 7. The molecule has 2 heterocycles. The number of benzene rings is 2. The molecule has 0 saturated heterocycles. The first-order valence-corrected chi connectivity index (χ1v) is 7.42. The zero-order valence-electron chi connectivity index (χ0n) is 11.7. The molecule has 3 nitrogen and oxygen atoms in total. The second-order valence-corrected chi connectivity index (χ2v) is 5.81. The van der Waals surface area contributed by atoms with Gasteiger partial charge in [-0.1, -0.05) is 42.5 Å². The van der Waals surface area contributed by atoms with Crippen LogP contribution in [0.4, 0.5) is 5.69 Å². The lowest BCUT2D eigenvalue weighted by molar-refractivity contribution is 0.492. The first-order chi connectivity index (χ1) is 10.8. The molecule has 1 N–H and O–H groups in total. The van der Waals surface area contributed by atoms with Crippen LogP contribution in [-0.4, -0.2) is 0 Å². The van der Waals surface area contributed by atoms with Crippen LogP contribution in [0, 0.1) is 0 Å². The third-order valence-electron chi connectivity index (χ3n) is 4.66. The Balaban J connectivity index is 1.83. The van der Waals surface area contributed by atoms with Crippen LogP contribution in [0.25, 0.3) is 16.8 Å². The van der Waals surface area contributed by atoms with E-state index in [1.54, 1.807) is 0 Å². The lowest BCUT2D eigenvalue weighted by Crippen LogP contribution is -2.17. The number of anilines is 1. The zero-order valence-corrected chi connectivity index (χ0v) is 11.7. The first kappa shape index (κ1) is 11.8. The average Bonchev–Trinajstić information content (AvgIpc) is 2.93. The Kier molecular flexibility index (Phi) is 2.20. The Labute approximate surface area is 126 Å². The highest BCUT2D eigenvalue weighted by atomic mass is 16.4. The summed E-state index contributed by atoms with van der Waals surface area (Å²) in [6.07, 6.45) is 4.07. The number of hydrogen-bond acceptors (Lipinski definition) is 3. The van der Waals surface area contributed by atoms with Crippen LogP contribution in [0.15, 0.2) is 63.8 Å². The van der Waals surface area contributed by atoms with E-state index in [1.807, 2.05) is 36.4 Å². The Hall–Kier alpha value is -2.81. The van der Waals surface area contributed by atoms with Crippen LogP contribution >= 0.6 is 0 Å². The molecule has 0 saturated carbocycles. The second kappa shape index (κ2) is 4.10. The van der Waals surface area contributed by atoms with Gasteiger partial charge < -0.3 is 9.73 Å². The lowest BCUT2D eigenvalue weighted by Gasteiger charge is -2.24. The van der Waals surface area contributed by atoms with E-state index in [1.165, 1.54) is 5.56 Å². The molecule has 2 atom stereocenters. The summed E-state index contributed by atoms with van der Waals surface area (Å²) in [5.74, 6) is 0.949. The van der Waals surface area contributed by atoms with Gasteiger partial charge in [-0.2, -0.15) is 0 Å². The molecule has 5 rings (SSSR count). The molecule has 0 spiro atoms. The summed E-state index contributed by atoms with van der Waals surface area (Å²) in [5.41, 5.74) is 3.27. The maximum atomic E-state index is 12.1. The first-order valence-electron chi connectivity index (χ1n) is 7.42. The van der Waals surface area contributed by atoms with Crippen molar-refractivity contribution in [2.24, 2.45) is 0 Å². The summed E-state index contributed by atoms with van der Waals surface area (Å²) in [6.45, 7) is 0. The zero-order chi connectivity index (χ0) is 14.7. The summed E-state index contributed by atoms with van der Waals surface area (Å²) in [7, 11) is 0. The highest BCUT2D eigenvalue weighted by Crippen LogP contribution is 2.49. The third kappa shape index (κ3) is 1.43. The van der Waals surface area contributed by atoms with Crippen LogP contribution in [0.1, 0.15) is 28.8 Å². The minimum atomic E-state index is -0.270. The van der Waals surface area contributed by atoms with Crippen molar-refractivity contribution in [3.63, 3.8) is 0 Å². The predicted molar refractivity (Wildman–Crippen MR) is 87.1 cm³/mol. The summed E-state index contributed by atoms with van der Waals surface area (Å²) >= 11 is 0. The molecule has 1 aliphatic heterocycles. The summed E-state index contributed by atoms with van der Waals surface area (Å²) < 4.78 is 5.54. The van der Waals surface area contributed by atoms with Gasteiger partial charge in [0, 0.05) is 17.2 Å². The fourth-order valence-corrected chi connectivity index (χ4v) is 3.70. The SMILES string of the molecule is O=c1oc2c(c3ccccc13)C1Nc3ccccc3C1C=C2. The van der Waals surface area contributed by atoms with E-state index in [-0.39, 0.29) is 17.6 Å². The van der Waals surface area contributed by atoms with Crippen molar-refractivity contribution in [1.82, 2.24) is 0 Å². The Morgan fingerprint density at radius 3 is 2.64 bits per heavy atom. The van der Waals surface area contributed by atoms with Gasteiger partial charge in [-0.3, -0.25) is 0 Å². The summed E-state index contributed by atoms with van der Waals surface area (Å²) in [6, 6.07) is 16.2. The number of rotatable bonds is 0. The maximum Gasteiger partial charge on any atom is 0.344 e. The lowest BCUT2D eigenvalue weighted by atomic mass is 9.84. The van der Waals surface area contributed by atoms with Gasteiger partial charge in [0.2, 0.25) is 0 Å². The van der Waals surface area contributed by atoms with E-state index in [9.17, 15) is 4.79 Å². The summed E-state index contributed by atoms with van der Waals surface area (Å²) in [5, 5.41) is 5.22. The van der Waals surface area contributed by atoms with Crippen molar-refractivity contribution in [1.29, 1.82) is 0 Å². The highest BCUT2D eigenvalue weighted by molar-refractivity contribution is 5.89. The minimum Gasteiger partial charge on any atom is -0.423 e. The van der Waals surface area contributed by atoms with E-state index in [4.69, 9.17) is 4.42 Å². The van der Waals surface area contributed by atoms with Crippen LogP contribution < -0.4 is 10.9 Å². The average molecular weight is 287 g/mol. The quantitative estimate of drug-likeness (QED) is 0.677. The Morgan fingerprint density at radius 2 is 1.73 bits per heavy atom. The molecule has 3 aromatic rings. The van der Waals surface area contributed by atoms with Crippen LogP contribution in [-0.2, 0) is 0 Å². The highest BCUT2D eigenvalue weighted by Gasteiger charge is 2.36. The smallest absolute Gasteiger partial charge is 0.344 e. The van der Waals surface area contributed by atoms with Crippen molar-refractivity contribution >= 4 is 22.5 Å². The van der Waals surface area contributed by atoms with E-state index >= 15 is 0 Å². The molecule has 2 aliphatic rings. The normalized spacial score (nSPS) is 21.1. The second-order valence-electron chi connectivity index (χ2n) is 5.81. The predicted octanol–water partition coefficient (Wildman–Crippen LogP) is 4.07. The van der Waals surface area contributed by atoms with Gasteiger partial charge in [0.1, 0.15) is 5.76 Å². The largest absolute Gasteiger partial charge is 0.423 e. The molecule has 0 bridgehead atoms. The van der Waals surface area contributed by atoms with Gasteiger partial charge in [0.25, 0.3) is 0 Å². The van der Waals surface area contributed by atoms with Gasteiger partial charge in [-0.15, -0.1) is 0 Å². The molecule has 0 amide bonds. The van der Waals surface area contributed by atoms with Crippen molar-refractivity contribution in [2.45, 2.75) is 12.0 Å². The standard InChI is InChI=1S/C19H13NO2/c21-19-14-7-2-1-6-12(14)17-16(22-19)10-9-13-11-5-3-4-8-15(11)20-18(13)17/h1-10,13,18,20H. The minimum absolute atomic E-state index is 0.117. The molecular weight excluding hydrogens is 274 g/mol. The topological polar surface area (TPSA) is 42.2 Å². The Morgan fingerprint density at radius 1 is 0.955 bits per heavy atom. The van der Waals surface area contributed by atoms with E-state index in [0.717, 1.165) is 16.6 Å². The van der Waals surface area contributed by atoms with E-state index in [0.29, 0.717) is 11.1 Å². The van der Waals surface area contributed by atoms with Crippen LogP contribution in [0.3, 0.4) is 0 Å². The molecule has 2 aromatic carbocycles. The Bertz CT molecular complexity index is 1000. The van der Waals surface area contributed by atoms with Crippen LogP contribution in [0.2, 0.25) is 0 Å². The fourth-order valence-electron chi connectivity index (χ4n) is 3.70. The number of nitrogens with one attached hydrogen (secondary N) is 1. The molecule has 0 fully saturated rings. The summed E-state index contributed by atoms with van der Waals surface area (Å²) in [4.78, 5) is 12.1. The van der Waals surface area contributed by atoms with Gasteiger partial charge in [0.15, 0.2) is 0 Å². The third-order valence-corrected chi connectivity index (χ3v) is 4.66. The molecule has 22 heavy (non-hydrogen) atoms. The molecular formula is C19H13NO2. The molecule has 106 valence electrons. The van der Waals surface area contributed by atoms with Gasteiger partial charge in [-0.25, -0.2) is 4.79 Å². The molecule has 3 heteroatoms. The van der Waals surface area contributed by atoms with Crippen molar-refractivity contribution in [3.05, 3.63) is 81.9 Å². The molecule has 0 radical (unpaired) electrons. The van der Waals surface area contributed by atoms with E-state index < -0.39 is 0 Å². The van der Waals surface area contributed by atoms with Crippen molar-refractivity contribution in [2.75, 3.05) is 5.32 Å². The number of hydrogen-bond donors (Lipinski definition) is 1. The fraction of sp³-hybridized carbons (Fsp3) is 0.105. The van der Waals surface area contributed by atoms with Gasteiger partial charge in [0.05, 0.1) is 11.4 Å². The molecule has 1 aliphatic carbocycles. The molecule has 1 aromatic heterocycles. The monoisotopic (exact) mass is 287 g/mol. The van der Waals surface area contributed by atoms with Crippen LogP contribution in [0.5, 0.6) is 0 Å². The van der Waals surface area contributed by atoms with Gasteiger partial charge >= 0.3 is 5.63 Å². The van der Waals surface area contributed by atoms with E-state index in [2.05, 4.69) is 29.6 Å². The van der Waals surface area contributed by atoms with Gasteiger partial charge in [-0.05, 0) is 29.2 Å². The van der Waals surface area contributed by atoms with Crippen molar-refractivity contribution < 1.29 is 4.42 Å².